The lowest BCUT2D eigenvalue weighted by Crippen LogP contribution is -2.43. The fourth-order valence-corrected chi connectivity index (χ4v) is 3.09. The van der Waals surface area contributed by atoms with E-state index >= 15 is 0 Å². The van der Waals surface area contributed by atoms with Gasteiger partial charge in [0.05, 0.1) is 0 Å². The number of anilines is 1. The van der Waals surface area contributed by atoms with Crippen molar-refractivity contribution in [3.8, 4) is 0 Å². The average Bonchev–Trinajstić information content (AvgIpc) is 2.50. The van der Waals surface area contributed by atoms with Crippen molar-refractivity contribution in [2.45, 2.75) is 25.3 Å². The zero-order valence-corrected chi connectivity index (χ0v) is 11.8. The molecule has 0 bridgehead atoms. The smallest absolute Gasteiger partial charge is 0.278 e. The average molecular weight is 282 g/mol. The Morgan fingerprint density at radius 2 is 1.81 bits per heavy atom. The third-order valence-electron chi connectivity index (χ3n) is 4.07. The molecule has 1 atom stereocenters. The van der Waals surface area contributed by atoms with E-state index in [1.54, 1.807) is 0 Å². The second-order valence-corrected chi connectivity index (χ2v) is 5.45. The molecule has 0 aromatic heterocycles. The summed E-state index contributed by atoms with van der Waals surface area (Å²) in [4.78, 5) is 12.8. The molecular weight excluding hydrogens is 264 g/mol. The molecule has 0 aliphatic carbocycles. The van der Waals surface area contributed by atoms with Gasteiger partial charge in [0.25, 0.3) is 6.67 Å². The highest BCUT2D eigenvalue weighted by Gasteiger charge is 2.28. The third-order valence-corrected chi connectivity index (χ3v) is 4.07. The zero-order chi connectivity index (χ0) is 14.7. The molecule has 0 saturated heterocycles. The molecule has 21 heavy (non-hydrogen) atoms. The van der Waals surface area contributed by atoms with Gasteiger partial charge in [-0.3, -0.25) is 10.1 Å². The summed E-state index contributed by atoms with van der Waals surface area (Å²) in [5.41, 5.74) is 3.46. The number of para-hydroxylation sites is 1. The molecule has 1 aliphatic heterocycles. The van der Waals surface area contributed by atoms with Crippen LogP contribution in [0.5, 0.6) is 0 Å². The van der Waals surface area contributed by atoms with Gasteiger partial charge in [0.2, 0.25) is 0 Å². The Kier molecular flexibility index (Phi) is 3.86. The summed E-state index contributed by atoms with van der Waals surface area (Å²) in [6.45, 7) is -0.130. The number of rotatable bonds is 4. The van der Waals surface area contributed by atoms with E-state index in [0.29, 0.717) is 0 Å². The van der Waals surface area contributed by atoms with E-state index in [-0.39, 0.29) is 17.6 Å². The van der Waals surface area contributed by atoms with Gasteiger partial charge >= 0.3 is 0 Å². The van der Waals surface area contributed by atoms with Crippen LogP contribution >= 0.6 is 0 Å². The number of nitro groups is 1. The van der Waals surface area contributed by atoms with Crippen molar-refractivity contribution >= 4 is 5.69 Å². The molecule has 0 N–H and O–H groups in total. The van der Waals surface area contributed by atoms with Crippen LogP contribution in [0.25, 0.3) is 0 Å². The van der Waals surface area contributed by atoms with Gasteiger partial charge in [-0.25, -0.2) is 0 Å². The largest absolute Gasteiger partial charge is 0.309 e. The van der Waals surface area contributed by atoms with Crippen molar-refractivity contribution < 1.29 is 4.92 Å². The number of benzene rings is 2. The minimum absolute atomic E-state index is 0.130. The van der Waals surface area contributed by atoms with Crippen LogP contribution in [-0.4, -0.2) is 17.6 Å². The third kappa shape index (κ3) is 3.05. The van der Waals surface area contributed by atoms with Gasteiger partial charge in [0, 0.05) is 16.7 Å². The van der Waals surface area contributed by atoms with Gasteiger partial charge in [0.15, 0.2) is 0 Å². The number of nitrogens with zero attached hydrogens (tertiary/aromatic N) is 2. The van der Waals surface area contributed by atoms with Gasteiger partial charge in [-0.15, -0.1) is 0 Å². The quantitative estimate of drug-likeness (QED) is 0.638. The minimum Gasteiger partial charge on any atom is -0.309 e. The highest BCUT2D eigenvalue weighted by molar-refractivity contribution is 5.56. The number of hydrogen-bond donors (Lipinski definition) is 0. The van der Waals surface area contributed by atoms with E-state index in [1.165, 1.54) is 11.1 Å². The molecule has 108 valence electrons. The minimum atomic E-state index is -0.236. The van der Waals surface area contributed by atoms with E-state index in [2.05, 4.69) is 18.2 Å². The van der Waals surface area contributed by atoms with Crippen molar-refractivity contribution in [2.75, 3.05) is 11.6 Å². The second-order valence-electron chi connectivity index (χ2n) is 5.45. The van der Waals surface area contributed by atoms with Crippen LogP contribution in [0, 0.1) is 10.1 Å². The summed E-state index contributed by atoms with van der Waals surface area (Å²) >= 11 is 0. The Hall–Kier alpha value is -2.36. The molecule has 0 radical (unpaired) electrons. The molecule has 1 unspecified atom stereocenters. The zero-order valence-electron chi connectivity index (χ0n) is 11.8. The maximum Gasteiger partial charge on any atom is 0.278 e. The van der Waals surface area contributed by atoms with Crippen LogP contribution in [0.2, 0.25) is 0 Å². The van der Waals surface area contributed by atoms with E-state index in [9.17, 15) is 10.1 Å². The second kappa shape index (κ2) is 5.95. The lowest BCUT2D eigenvalue weighted by molar-refractivity contribution is -0.479. The van der Waals surface area contributed by atoms with Crippen molar-refractivity contribution in [3.05, 3.63) is 75.8 Å². The predicted octanol–water partition coefficient (Wildman–Crippen LogP) is 3.28. The fraction of sp³-hybridized carbons (Fsp3) is 0.294. The van der Waals surface area contributed by atoms with E-state index in [0.717, 1.165) is 24.9 Å². The molecule has 1 heterocycles. The highest BCUT2D eigenvalue weighted by Crippen LogP contribution is 2.31. The summed E-state index contributed by atoms with van der Waals surface area (Å²) < 4.78 is 0. The molecular formula is C17H18N2O2. The number of aryl methyl sites for hydroxylation is 1. The van der Waals surface area contributed by atoms with Crippen molar-refractivity contribution in [1.29, 1.82) is 0 Å². The van der Waals surface area contributed by atoms with E-state index in [4.69, 9.17) is 0 Å². The molecule has 0 saturated carbocycles. The molecule has 2 aromatic rings. The first-order valence-corrected chi connectivity index (χ1v) is 7.24. The monoisotopic (exact) mass is 282 g/mol. The van der Waals surface area contributed by atoms with E-state index < -0.39 is 0 Å². The molecule has 0 spiro atoms. The van der Waals surface area contributed by atoms with Gasteiger partial charge in [-0.05, 0) is 36.5 Å². The first-order chi connectivity index (χ1) is 10.2. The van der Waals surface area contributed by atoms with Crippen molar-refractivity contribution in [2.24, 2.45) is 0 Å². The number of hydrogen-bond acceptors (Lipinski definition) is 3. The van der Waals surface area contributed by atoms with Gasteiger partial charge < -0.3 is 4.90 Å². The van der Waals surface area contributed by atoms with Gasteiger partial charge in [-0.2, -0.15) is 0 Å². The highest BCUT2D eigenvalue weighted by atomic mass is 16.6. The summed E-state index contributed by atoms with van der Waals surface area (Å²) in [7, 11) is 0. The Labute approximate surface area is 124 Å². The Balaban J connectivity index is 1.88. The topological polar surface area (TPSA) is 46.4 Å². The van der Waals surface area contributed by atoms with Crippen molar-refractivity contribution in [3.63, 3.8) is 0 Å². The lowest BCUT2D eigenvalue weighted by atomic mass is 9.92. The molecule has 0 fully saturated rings. The van der Waals surface area contributed by atoms with Gasteiger partial charge in [-0.1, -0.05) is 48.5 Å². The van der Waals surface area contributed by atoms with Crippen LogP contribution in [0.1, 0.15) is 17.5 Å². The first-order valence-electron chi connectivity index (χ1n) is 7.24. The molecule has 1 aliphatic rings. The molecule has 0 amide bonds. The summed E-state index contributed by atoms with van der Waals surface area (Å²) in [6, 6.07) is 18.4. The summed E-state index contributed by atoms with van der Waals surface area (Å²) in [5, 5.41) is 11.0. The maximum atomic E-state index is 11.0. The van der Waals surface area contributed by atoms with Gasteiger partial charge in [0.1, 0.15) is 0 Å². The standard InChI is InChI=1S/C17H18N2O2/c20-19(21)13-18-16(12-14-6-2-1-3-7-14)11-10-15-8-4-5-9-17(15)18/h1-9,16H,10-13H2. The SMILES string of the molecule is O=[N+]([O-])CN1c2ccccc2CCC1Cc1ccccc1. The molecule has 4 heteroatoms. The van der Waals surface area contributed by atoms with Crippen molar-refractivity contribution in [1.82, 2.24) is 0 Å². The summed E-state index contributed by atoms with van der Waals surface area (Å²) in [5.74, 6) is 0. The molecule has 3 rings (SSSR count). The lowest BCUT2D eigenvalue weighted by Gasteiger charge is -2.36. The van der Waals surface area contributed by atoms with Crippen LogP contribution in [0.3, 0.4) is 0 Å². The number of fused-ring (bicyclic) bond motifs is 1. The van der Waals surface area contributed by atoms with E-state index in [1.807, 2.05) is 41.3 Å². The van der Waals surface area contributed by atoms with Crippen LogP contribution < -0.4 is 4.90 Å². The van der Waals surface area contributed by atoms with Crippen LogP contribution in [-0.2, 0) is 12.8 Å². The fourth-order valence-electron chi connectivity index (χ4n) is 3.09. The summed E-state index contributed by atoms with van der Waals surface area (Å²) in [6.07, 6.45) is 2.80. The maximum absolute atomic E-state index is 11.0. The van der Waals surface area contributed by atoms with Crippen LogP contribution in [0.15, 0.2) is 54.6 Å². The first kappa shape index (κ1) is 13.6. The Morgan fingerprint density at radius 3 is 2.57 bits per heavy atom. The van der Waals surface area contributed by atoms with Crippen LogP contribution in [0.4, 0.5) is 5.69 Å². The molecule has 2 aromatic carbocycles. The predicted molar refractivity (Wildman–Crippen MR) is 83.0 cm³/mol. The Morgan fingerprint density at radius 1 is 1.10 bits per heavy atom. The molecule has 4 nitrogen and oxygen atoms in total. The normalized spacial score (nSPS) is 17.3. The Bertz CT molecular complexity index is 628.